The molecule has 0 radical (unpaired) electrons. The Morgan fingerprint density at radius 2 is 1.58 bits per heavy atom. The number of hydrogen-bond donors (Lipinski definition) is 8. The monoisotopic (exact) mass is 456 g/mol. The summed E-state index contributed by atoms with van der Waals surface area (Å²) in [5.74, 6) is -4.17. The van der Waals surface area contributed by atoms with Gasteiger partial charge in [-0.2, -0.15) is 12.6 Å². The summed E-state index contributed by atoms with van der Waals surface area (Å²) in [5.41, 5.74) is 6.68. The van der Waals surface area contributed by atoms with Gasteiger partial charge in [0.25, 0.3) is 0 Å². The molecule has 0 heterocycles. The number of amides is 3. The van der Waals surface area contributed by atoms with Crippen molar-refractivity contribution in [1.29, 1.82) is 0 Å². The van der Waals surface area contributed by atoms with E-state index in [9.17, 15) is 29.4 Å². The second kappa shape index (κ2) is 12.9. The average Bonchev–Trinajstić information content (AvgIpc) is 2.73. The van der Waals surface area contributed by atoms with Crippen LogP contribution in [0.1, 0.15) is 12.5 Å². The second-order valence-electron chi connectivity index (χ2n) is 6.85. The van der Waals surface area contributed by atoms with Gasteiger partial charge in [-0.3, -0.25) is 14.4 Å². The van der Waals surface area contributed by atoms with E-state index in [0.29, 0.717) is 0 Å². The van der Waals surface area contributed by atoms with Gasteiger partial charge in [0.2, 0.25) is 17.7 Å². The third kappa shape index (κ3) is 8.53. The van der Waals surface area contributed by atoms with Crippen molar-refractivity contribution in [3.8, 4) is 0 Å². The Morgan fingerprint density at radius 3 is 2.06 bits per heavy atom. The van der Waals surface area contributed by atoms with Crippen LogP contribution in [0.2, 0.25) is 0 Å². The lowest BCUT2D eigenvalue weighted by Crippen LogP contribution is -2.60. The maximum absolute atomic E-state index is 12.5. The zero-order valence-electron chi connectivity index (χ0n) is 16.9. The molecule has 0 saturated heterocycles. The predicted octanol–water partition coefficient (Wildman–Crippen LogP) is -2.60. The summed E-state index contributed by atoms with van der Waals surface area (Å²) in [7, 11) is 0. The first-order valence-corrected chi connectivity index (χ1v) is 10.1. The summed E-state index contributed by atoms with van der Waals surface area (Å²) in [5, 5.41) is 34.9. The first kappa shape index (κ1) is 26.4. The minimum Gasteiger partial charge on any atom is -0.480 e. The number of nitrogens with one attached hydrogen (secondary N) is 3. The highest BCUT2D eigenvalue weighted by Crippen LogP contribution is 2.03. The smallest absolute Gasteiger partial charge is 0.327 e. The van der Waals surface area contributed by atoms with Gasteiger partial charge in [0, 0.05) is 5.75 Å². The van der Waals surface area contributed by atoms with Gasteiger partial charge in [-0.25, -0.2) is 4.79 Å². The number of hydrogen-bond acceptors (Lipinski definition) is 8. The fourth-order valence-corrected chi connectivity index (χ4v) is 2.79. The summed E-state index contributed by atoms with van der Waals surface area (Å²) < 4.78 is 0. The van der Waals surface area contributed by atoms with Gasteiger partial charge in [-0.15, -0.1) is 0 Å². The molecular formula is C19H28N4O7S. The zero-order chi connectivity index (χ0) is 23.6. The molecule has 0 aliphatic heterocycles. The van der Waals surface area contributed by atoms with Gasteiger partial charge in [0.15, 0.2) is 0 Å². The molecule has 172 valence electrons. The zero-order valence-corrected chi connectivity index (χ0v) is 17.8. The summed E-state index contributed by atoms with van der Waals surface area (Å²) >= 11 is 3.81. The van der Waals surface area contributed by atoms with Crippen molar-refractivity contribution in [2.24, 2.45) is 5.73 Å². The van der Waals surface area contributed by atoms with Crippen molar-refractivity contribution >= 4 is 36.3 Å². The number of rotatable bonds is 12. The van der Waals surface area contributed by atoms with Crippen molar-refractivity contribution in [2.45, 2.75) is 43.6 Å². The predicted molar refractivity (Wildman–Crippen MR) is 114 cm³/mol. The number of aliphatic hydroxyl groups excluding tert-OH is 2. The Hall–Kier alpha value is -2.67. The van der Waals surface area contributed by atoms with Gasteiger partial charge >= 0.3 is 5.97 Å². The number of aliphatic hydroxyl groups is 2. The van der Waals surface area contributed by atoms with Crippen molar-refractivity contribution in [3.63, 3.8) is 0 Å². The number of carbonyl (C=O) groups excluding carboxylic acids is 3. The van der Waals surface area contributed by atoms with E-state index in [2.05, 4.69) is 28.6 Å². The molecule has 12 heteroatoms. The van der Waals surface area contributed by atoms with Crippen LogP contribution in [0.5, 0.6) is 0 Å². The minimum atomic E-state index is -1.51. The molecule has 1 aromatic rings. The first-order valence-electron chi connectivity index (χ1n) is 9.43. The molecule has 5 atom stereocenters. The maximum Gasteiger partial charge on any atom is 0.327 e. The molecule has 1 aromatic carbocycles. The fourth-order valence-electron chi connectivity index (χ4n) is 2.54. The van der Waals surface area contributed by atoms with Crippen LogP contribution < -0.4 is 21.7 Å². The van der Waals surface area contributed by atoms with E-state index in [1.54, 1.807) is 24.3 Å². The van der Waals surface area contributed by atoms with E-state index in [1.165, 1.54) is 6.92 Å². The number of nitrogens with two attached hydrogens (primary N) is 1. The standard InChI is InChI=1S/C19H28N4O7S/c1-10(25)15(23-16(26)12(20)7-11-5-3-2-4-6-11)18(28)21-13(8-24)17(27)22-14(9-31)19(29)30/h2-6,10,12-15,24-25,31H,7-9,20H2,1H3,(H,21,28)(H,22,27)(H,23,26)(H,29,30). The Labute approximate surface area is 184 Å². The van der Waals surface area contributed by atoms with E-state index in [4.69, 9.17) is 10.8 Å². The first-order chi connectivity index (χ1) is 14.6. The van der Waals surface area contributed by atoms with E-state index in [-0.39, 0.29) is 12.2 Å². The summed E-state index contributed by atoms with van der Waals surface area (Å²) in [6, 6.07) is 3.65. The molecule has 5 unspecified atom stereocenters. The highest BCUT2D eigenvalue weighted by Gasteiger charge is 2.32. The molecule has 1 rings (SSSR count). The van der Waals surface area contributed by atoms with E-state index < -0.39 is 60.6 Å². The van der Waals surface area contributed by atoms with Crippen LogP contribution in [0.3, 0.4) is 0 Å². The molecule has 0 aliphatic rings. The molecule has 0 aliphatic carbocycles. The number of benzene rings is 1. The van der Waals surface area contributed by atoms with Crippen LogP contribution in [0.15, 0.2) is 30.3 Å². The molecule has 31 heavy (non-hydrogen) atoms. The van der Waals surface area contributed by atoms with Crippen LogP contribution in [0.25, 0.3) is 0 Å². The molecule has 0 saturated carbocycles. The number of carboxylic acid groups (broad SMARTS) is 1. The highest BCUT2D eigenvalue weighted by molar-refractivity contribution is 7.80. The molecule has 11 nitrogen and oxygen atoms in total. The Bertz CT molecular complexity index is 763. The van der Waals surface area contributed by atoms with Gasteiger partial charge < -0.3 is 37.0 Å². The Balaban J connectivity index is 2.77. The minimum absolute atomic E-state index is 0.197. The normalized spacial score (nSPS) is 15.6. The second-order valence-corrected chi connectivity index (χ2v) is 7.21. The number of thiol groups is 1. The average molecular weight is 457 g/mol. The number of aliphatic carboxylic acids is 1. The van der Waals surface area contributed by atoms with Crippen LogP contribution in [-0.4, -0.2) is 81.6 Å². The molecule has 0 spiro atoms. The maximum atomic E-state index is 12.5. The molecule has 0 bridgehead atoms. The lowest BCUT2D eigenvalue weighted by molar-refractivity contribution is -0.142. The molecular weight excluding hydrogens is 428 g/mol. The van der Waals surface area contributed by atoms with Gasteiger partial charge in [-0.1, -0.05) is 30.3 Å². The van der Waals surface area contributed by atoms with Gasteiger partial charge in [0.05, 0.1) is 18.8 Å². The van der Waals surface area contributed by atoms with Crippen molar-refractivity contribution < 1.29 is 34.5 Å². The van der Waals surface area contributed by atoms with Crippen molar-refractivity contribution in [2.75, 3.05) is 12.4 Å². The lowest BCUT2D eigenvalue weighted by atomic mass is 10.0. The molecule has 3 amide bonds. The van der Waals surface area contributed by atoms with Crippen LogP contribution in [0, 0.1) is 0 Å². The summed E-state index contributed by atoms with van der Waals surface area (Å²) in [6.45, 7) is 0.410. The fraction of sp³-hybridized carbons (Fsp3) is 0.474. The van der Waals surface area contributed by atoms with Gasteiger partial charge in [0.1, 0.15) is 18.1 Å². The van der Waals surface area contributed by atoms with Crippen molar-refractivity contribution in [1.82, 2.24) is 16.0 Å². The van der Waals surface area contributed by atoms with Crippen LogP contribution in [-0.2, 0) is 25.6 Å². The van der Waals surface area contributed by atoms with Crippen LogP contribution >= 0.6 is 12.6 Å². The van der Waals surface area contributed by atoms with Gasteiger partial charge in [-0.05, 0) is 18.9 Å². The summed E-state index contributed by atoms with van der Waals surface area (Å²) in [4.78, 5) is 48.1. The number of carboxylic acids is 1. The number of carbonyl (C=O) groups is 4. The van der Waals surface area contributed by atoms with Crippen LogP contribution in [0.4, 0.5) is 0 Å². The van der Waals surface area contributed by atoms with E-state index >= 15 is 0 Å². The molecule has 0 aromatic heterocycles. The van der Waals surface area contributed by atoms with E-state index in [0.717, 1.165) is 5.56 Å². The lowest BCUT2D eigenvalue weighted by Gasteiger charge is -2.25. The molecule has 0 fully saturated rings. The SMILES string of the molecule is CC(O)C(NC(=O)C(N)Cc1ccccc1)C(=O)NC(CO)C(=O)NC(CS)C(=O)O. The Kier molecular flexibility index (Phi) is 11.0. The topological polar surface area (TPSA) is 191 Å². The third-order valence-electron chi connectivity index (χ3n) is 4.31. The molecule has 8 N–H and O–H groups in total. The third-order valence-corrected chi connectivity index (χ3v) is 4.68. The quantitative estimate of drug-likeness (QED) is 0.157. The van der Waals surface area contributed by atoms with Crippen molar-refractivity contribution in [3.05, 3.63) is 35.9 Å². The van der Waals surface area contributed by atoms with E-state index in [1.807, 2.05) is 6.07 Å². The highest BCUT2D eigenvalue weighted by atomic mass is 32.1. The summed E-state index contributed by atoms with van der Waals surface area (Å²) in [6.07, 6.45) is -1.15. The largest absolute Gasteiger partial charge is 0.480 e. The Morgan fingerprint density at radius 1 is 1.00 bits per heavy atom.